The highest BCUT2D eigenvalue weighted by atomic mass is 16.5. The lowest BCUT2D eigenvalue weighted by Gasteiger charge is -2.47. The fourth-order valence-electron chi connectivity index (χ4n) is 8.17. The van der Waals surface area contributed by atoms with Crippen LogP contribution in [0.3, 0.4) is 0 Å². The van der Waals surface area contributed by atoms with E-state index in [4.69, 9.17) is 62.7 Å². The van der Waals surface area contributed by atoms with E-state index in [9.17, 15) is 34.5 Å². The van der Waals surface area contributed by atoms with E-state index in [1.807, 2.05) is 41.5 Å². The minimum atomic E-state index is -1.26. The van der Waals surface area contributed by atoms with Crippen molar-refractivity contribution < 1.29 is 58.6 Å². The van der Waals surface area contributed by atoms with Crippen molar-refractivity contribution in [2.45, 2.75) is 149 Å². The van der Waals surface area contributed by atoms with Gasteiger partial charge in [0.15, 0.2) is 17.7 Å². The average Bonchev–Trinajstić information content (AvgIpc) is 3.58. The van der Waals surface area contributed by atoms with Gasteiger partial charge < -0.3 is 49.5 Å². The van der Waals surface area contributed by atoms with Crippen LogP contribution in [0, 0.1) is 27.1 Å². The molecule has 15 nitrogen and oxygen atoms in total. The van der Waals surface area contributed by atoms with Crippen LogP contribution in [0.1, 0.15) is 106 Å². The number of hydrogen-bond donors (Lipinski definition) is 5. The molecule has 0 aliphatic heterocycles. The smallest absolute Gasteiger partial charge is 0.333 e. The quantitative estimate of drug-likeness (QED) is 0.113. The third-order valence-corrected chi connectivity index (χ3v) is 12.7. The number of nitrogens with one attached hydrogen (secondary N) is 1. The minimum Gasteiger partial charge on any atom is -0.479 e. The number of carboxylic acids is 1. The molecule has 11 radical (unpaired) electrons. The Hall–Kier alpha value is -2.21. The molecule has 1 aromatic heterocycles. The van der Waals surface area contributed by atoms with Crippen molar-refractivity contribution in [2.24, 2.45) is 34.1 Å². The highest BCUT2D eigenvalue weighted by Gasteiger charge is 2.50. The number of aliphatic hydroxyl groups is 3. The van der Waals surface area contributed by atoms with Crippen LogP contribution in [-0.2, 0) is 45.2 Å². The van der Waals surface area contributed by atoms with E-state index in [2.05, 4.69) is 10.4 Å². The van der Waals surface area contributed by atoms with Gasteiger partial charge in [-0.25, -0.2) is 4.79 Å². The van der Waals surface area contributed by atoms with Crippen LogP contribution < -0.4 is 5.32 Å². The highest BCUT2D eigenvalue weighted by molar-refractivity contribution is 7.93. The summed E-state index contributed by atoms with van der Waals surface area (Å²) in [7, 11) is 35.8. The standard InChI is InChI=1S/C13H24O3.C12H19N3O3.C8H14O4.C7H12O2.B9/c1-12(2,3)8-10(14)11(15)13(4)6-9(7-13)16-5;1-12(6-8(7-12)18-3)10(16)11(17)13-9-4-5-15(2)14-9;1-8(6(9)7(10)11)3-5(4-8)12-2;1-7(5-8)3-6(4-7)9-2;1-6-9(7(2)3)8(4)5/h9,11,15H,6-8H2,1-5H3;4-5,8,10,16H,6-7H2,1-3H3,(H,13,14,17);5-6,9H,3-4H2,1-2H3,(H,10,11);5-6H,3-4H2,1-2H3;. The summed E-state index contributed by atoms with van der Waals surface area (Å²) < 4.78 is 22.0. The van der Waals surface area contributed by atoms with E-state index in [1.165, 1.54) is 7.06 Å². The Bertz CT molecular complexity index is 1590. The van der Waals surface area contributed by atoms with Crippen molar-refractivity contribution in [1.29, 1.82) is 0 Å². The van der Waals surface area contributed by atoms with Crippen LogP contribution >= 0.6 is 0 Å². The summed E-state index contributed by atoms with van der Waals surface area (Å²) in [6.07, 6.45) is 5.38. The Kier molecular flexibility index (Phi) is 24.1. The van der Waals surface area contributed by atoms with Crippen LogP contribution in [0.2, 0.25) is 0 Å². The summed E-state index contributed by atoms with van der Waals surface area (Å²) in [5.74, 6) is -1.14. The van der Waals surface area contributed by atoms with E-state index in [0.717, 1.165) is 32.0 Å². The number of anilines is 1. The van der Waals surface area contributed by atoms with Crippen molar-refractivity contribution in [1.82, 2.24) is 9.78 Å². The normalized spacial score (nSPS) is 30.0. The van der Waals surface area contributed by atoms with Gasteiger partial charge in [-0.15, -0.1) is 0 Å². The number of aromatic nitrogens is 2. The average molecular weight is 881 g/mol. The monoisotopic (exact) mass is 883 g/mol. The molecule has 24 heteroatoms. The number of carbonyl (C=O) groups excluding carboxylic acids is 3. The second kappa shape index (κ2) is 25.8. The number of aldehydes is 1. The first-order chi connectivity index (χ1) is 29.4. The van der Waals surface area contributed by atoms with Crippen LogP contribution in [0.4, 0.5) is 5.82 Å². The summed E-state index contributed by atoms with van der Waals surface area (Å²) in [5.41, 5.74) is -1.30. The lowest BCUT2D eigenvalue weighted by molar-refractivity contribution is -0.168. The molecule has 4 fully saturated rings. The topological polar surface area (TPSA) is 216 Å². The molecule has 0 saturated heterocycles. The number of rotatable bonds is 16. The number of aryl methyl sites for hydroxylation is 1. The van der Waals surface area contributed by atoms with Crippen molar-refractivity contribution >= 4 is 94.7 Å². The van der Waals surface area contributed by atoms with Crippen molar-refractivity contribution in [3.8, 4) is 0 Å². The highest BCUT2D eigenvalue weighted by Crippen LogP contribution is 2.47. The molecule has 1 amide bonds. The molecule has 0 aromatic carbocycles. The molecule has 3 atom stereocenters. The number of amides is 1. The molecule has 5 N–H and O–H groups in total. The zero-order chi connectivity index (χ0) is 49.6. The Balaban J connectivity index is 0.000000412. The molecule has 343 valence electrons. The number of aliphatic hydroxyl groups excluding tert-OH is 3. The first kappa shape index (κ1) is 59.8. The van der Waals surface area contributed by atoms with Crippen molar-refractivity contribution in [3.63, 3.8) is 0 Å². The summed E-state index contributed by atoms with van der Waals surface area (Å²) in [6, 6.07) is 1.69. The molecular formula is C40H69B9N3O12. The molecule has 4 aliphatic rings. The molecule has 5 rings (SSSR count). The van der Waals surface area contributed by atoms with Gasteiger partial charge in [0.25, 0.3) is 5.91 Å². The number of nitrogens with zero attached hydrogens (tertiary/aromatic N) is 2. The van der Waals surface area contributed by atoms with E-state index < -0.39 is 53.8 Å². The summed E-state index contributed by atoms with van der Waals surface area (Å²) in [5, 5.41) is 44.6. The Morgan fingerprint density at radius 2 is 1.17 bits per heavy atom. The van der Waals surface area contributed by atoms with E-state index in [0.29, 0.717) is 44.0 Å². The predicted octanol–water partition coefficient (Wildman–Crippen LogP) is 0.523. The molecule has 64 heavy (non-hydrogen) atoms. The Labute approximate surface area is 390 Å². The number of carboxylic acid groups (broad SMARTS) is 1. The first-order valence-electron chi connectivity index (χ1n) is 21.7. The Morgan fingerprint density at radius 3 is 1.45 bits per heavy atom. The SMILES string of the molecule is COC1CC(C)(C(O)C(=O)CC(C)(C)C)C1.COC1CC(C)(C(O)C(=O)Nc2ccn(C)n2)C1.COC1CC(C)(C(O)C(=O)O)C1.COC1CC(C)(C=O)C1.[B][B]B(B([B])[B])B([B])[B]. The lowest BCUT2D eigenvalue weighted by Crippen LogP contribution is -2.55. The summed E-state index contributed by atoms with van der Waals surface area (Å²) in [6.45, 7) is 13.6. The number of ether oxygens (including phenoxy) is 4. The summed E-state index contributed by atoms with van der Waals surface area (Å²) in [4.78, 5) is 44.6. The minimum absolute atomic E-state index is 0.0375. The predicted molar refractivity (Wildman–Crippen MR) is 257 cm³/mol. The van der Waals surface area contributed by atoms with Crippen LogP contribution in [0.25, 0.3) is 0 Å². The van der Waals surface area contributed by atoms with Crippen LogP contribution in [-0.4, -0.2) is 190 Å². The van der Waals surface area contributed by atoms with E-state index in [1.54, 1.807) is 59.4 Å². The van der Waals surface area contributed by atoms with Gasteiger partial charge >= 0.3 is 5.97 Å². The largest absolute Gasteiger partial charge is 0.479 e. The number of hydrogen-bond acceptors (Lipinski definition) is 12. The van der Waals surface area contributed by atoms with Crippen LogP contribution in [0.5, 0.6) is 0 Å². The zero-order valence-corrected chi connectivity index (χ0v) is 40.3. The number of carbonyl (C=O) groups is 4. The van der Waals surface area contributed by atoms with Crippen molar-refractivity contribution in [3.05, 3.63) is 12.3 Å². The number of aliphatic carboxylic acids is 1. The molecule has 0 bridgehead atoms. The van der Waals surface area contributed by atoms with E-state index in [-0.39, 0.29) is 46.7 Å². The van der Waals surface area contributed by atoms with Gasteiger partial charge in [-0.3, -0.25) is 14.3 Å². The second-order valence-corrected chi connectivity index (χ2v) is 20.3. The second-order valence-electron chi connectivity index (χ2n) is 20.3. The molecule has 3 unspecified atom stereocenters. The molecule has 1 heterocycles. The maximum absolute atomic E-state index is 11.9. The molecular weight excluding hydrogens is 812 g/mol. The number of methoxy groups -OCH3 is 4. The fraction of sp³-hybridized carbons (Fsp3) is 0.825. The maximum Gasteiger partial charge on any atom is 0.333 e. The molecule has 4 saturated carbocycles. The number of Topliss-reactive ketones (excluding diaryl/α,β-unsaturated/α-hetero) is 1. The Morgan fingerprint density at radius 1 is 0.797 bits per heavy atom. The van der Waals surface area contributed by atoms with Crippen LogP contribution in [0.15, 0.2) is 12.3 Å². The van der Waals surface area contributed by atoms with Gasteiger partial charge in [0, 0.05) is 141 Å². The third kappa shape index (κ3) is 18.1. The maximum atomic E-state index is 11.9. The lowest BCUT2D eigenvalue weighted by atomic mass is 8.64. The van der Waals surface area contributed by atoms with Gasteiger partial charge in [-0.2, -0.15) is 5.10 Å². The molecule has 4 aliphatic carbocycles. The summed E-state index contributed by atoms with van der Waals surface area (Å²) >= 11 is 0. The van der Waals surface area contributed by atoms with Gasteiger partial charge in [-0.1, -0.05) is 48.5 Å². The first-order valence-corrected chi connectivity index (χ1v) is 21.7. The van der Waals surface area contributed by atoms with Gasteiger partial charge in [0.2, 0.25) is 0 Å². The van der Waals surface area contributed by atoms with E-state index >= 15 is 0 Å². The molecule has 1 aromatic rings. The molecule has 0 spiro atoms. The third-order valence-electron chi connectivity index (χ3n) is 12.7. The fourth-order valence-corrected chi connectivity index (χ4v) is 8.17. The van der Waals surface area contributed by atoms with Gasteiger partial charge in [0.1, 0.15) is 18.5 Å². The van der Waals surface area contributed by atoms with Crippen molar-refractivity contribution in [2.75, 3.05) is 33.8 Å². The zero-order valence-electron chi connectivity index (χ0n) is 40.3. The van der Waals surface area contributed by atoms with Gasteiger partial charge in [-0.05, 0) is 56.8 Å². The number of ketones is 1. The van der Waals surface area contributed by atoms with Gasteiger partial charge in [0.05, 0.1) is 24.4 Å².